The van der Waals surface area contributed by atoms with Gasteiger partial charge in [-0.2, -0.15) is 0 Å². The van der Waals surface area contributed by atoms with Crippen molar-refractivity contribution >= 4 is 23.4 Å². The smallest absolute Gasteiger partial charge is 0.267 e. The Kier molecular flexibility index (Phi) is 3.68. The second-order valence-corrected chi connectivity index (χ2v) is 4.53. The minimum Gasteiger partial charge on any atom is -0.267 e. The molecule has 1 amide bonds. The third-order valence-corrected chi connectivity index (χ3v) is 3.16. The highest BCUT2D eigenvalue weighted by Crippen LogP contribution is 2.27. The van der Waals surface area contributed by atoms with E-state index in [1.807, 2.05) is 50.2 Å². The summed E-state index contributed by atoms with van der Waals surface area (Å²) >= 11 is 6.19. The Hall–Kier alpha value is -1.80. The summed E-state index contributed by atoms with van der Waals surface area (Å²) in [5, 5.41) is 0. The van der Waals surface area contributed by atoms with E-state index >= 15 is 0 Å². The quantitative estimate of drug-likeness (QED) is 0.744. The largest absolute Gasteiger partial charge is 0.272 e. The Morgan fingerprint density at radius 3 is 2.06 bits per heavy atom. The zero-order valence-corrected chi connectivity index (χ0v) is 11.1. The summed E-state index contributed by atoms with van der Waals surface area (Å²) in [4.78, 5) is 12.2. The number of carbonyl (C=O) groups excluding carboxylic acids is 1. The summed E-state index contributed by atoms with van der Waals surface area (Å²) in [5.74, 6) is -0.213. The minimum absolute atomic E-state index is 0.213. The van der Waals surface area contributed by atoms with Gasteiger partial charge in [0.15, 0.2) is 0 Å². The van der Waals surface area contributed by atoms with Crippen LogP contribution in [0.2, 0.25) is 0 Å². The molecule has 0 unspecified atom stereocenters. The van der Waals surface area contributed by atoms with Crippen LogP contribution in [0.25, 0.3) is 0 Å². The van der Waals surface area contributed by atoms with Gasteiger partial charge in [0.2, 0.25) is 0 Å². The topological polar surface area (TPSA) is 20.3 Å². The van der Waals surface area contributed by atoms with Crippen molar-refractivity contribution in [2.24, 2.45) is 0 Å². The van der Waals surface area contributed by atoms with Crippen molar-refractivity contribution in [3.63, 3.8) is 0 Å². The standard InChI is InChI=1S/C15H14ClNO/c1-11-7-6-8-12(2)14(11)17(16)15(18)13-9-4-3-5-10-13/h3-10H,1-2H3. The molecule has 0 saturated carbocycles. The lowest BCUT2D eigenvalue weighted by atomic mass is 10.1. The van der Waals surface area contributed by atoms with Gasteiger partial charge in [-0.15, -0.1) is 0 Å². The molecule has 0 aliphatic rings. The van der Waals surface area contributed by atoms with Gasteiger partial charge in [0.25, 0.3) is 5.91 Å². The monoisotopic (exact) mass is 259 g/mol. The van der Waals surface area contributed by atoms with E-state index in [-0.39, 0.29) is 5.91 Å². The minimum atomic E-state index is -0.213. The Balaban J connectivity index is 2.38. The lowest BCUT2D eigenvalue weighted by Crippen LogP contribution is -2.22. The molecular formula is C15H14ClNO. The predicted molar refractivity (Wildman–Crippen MR) is 75.0 cm³/mol. The fraction of sp³-hybridized carbons (Fsp3) is 0.133. The Bertz CT molecular complexity index is 546. The van der Waals surface area contributed by atoms with Crippen LogP contribution in [-0.4, -0.2) is 5.91 Å². The molecule has 2 rings (SSSR count). The second-order valence-electron chi connectivity index (χ2n) is 4.19. The van der Waals surface area contributed by atoms with Gasteiger partial charge >= 0.3 is 0 Å². The molecule has 2 nitrogen and oxygen atoms in total. The lowest BCUT2D eigenvalue weighted by Gasteiger charge is -2.18. The highest BCUT2D eigenvalue weighted by atomic mass is 35.5. The van der Waals surface area contributed by atoms with Crippen LogP contribution in [0.15, 0.2) is 48.5 Å². The van der Waals surface area contributed by atoms with Crippen LogP contribution in [0.1, 0.15) is 21.5 Å². The maximum Gasteiger partial charge on any atom is 0.272 e. The Morgan fingerprint density at radius 2 is 1.50 bits per heavy atom. The first-order valence-electron chi connectivity index (χ1n) is 5.73. The van der Waals surface area contributed by atoms with Crippen molar-refractivity contribution in [2.45, 2.75) is 13.8 Å². The zero-order valence-electron chi connectivity index (χ0n) is 10.4. The fourth-order valence-corrected chi connectivity index (χ4v) is 2.28. The first-order chi connectivity index (χ1) is 8.61. The number of hydrogen-bond acceptors (Lipinski definition) is 1. The van der Waals surface area contributed by atoms with Crippen LogP contribution in [0.4, 0.5) is 5.69 Å². The number of benzene rings is 2. The van der Waals surface area contributed by atoms with Crippen molar-refractivity contribution in [1.29, 1.82) is 0 Å². The van der Waals surface area contributed by atoms with Crippen LogP contribution in [0.3, 0.4) is 0 Å². The number of para-hydroxylation sites is 1. The first-order valence-corrected chi connectivity index (χ1v) is 6.06. The highest BCUT2D eigenvalue weighted by Gasteiger charge is 2.18. The summed E-state index contributed by atoms with van der Waals surface area (Å²) in [5.41, 5.74) is 3.30. The predicted octanol–water partition coefficient (Wildman–Crippen LogP) is 4.10. The third kappa shape index (κ3) is 2.39. The van der Waals surface area contributed by atoms with Gasteiger partial charge in [0.1, 0.15) is 0 Å². The van der Waals surface area contributed by atoms with Gasteiger partial charge in [-0.25, -0.2) is 4.42 Å². The second kappa shape index (κ2) is 5.23. The van der Waals surface area contributed by atoms with E-state index < -0.39 is 0 Å². The Labute approximate surface area is 112 Å². The van der Waals surface area contributed by atoms with Gasteiger partial charge < -0.3 is 0 Å². The molecule has 2 aromatic rings. The fourth-order valence-electron chi connectivity index (χ4n) is 1.91. The summed E-state index contributed by atoms with van der Waals surface area (Å²) in [6.45, 7) is 3.88. The van der Waals surface area contributed by atoms with E-state index in [0.717, 1.165) is 16.8 Å². The molecule has 0 aliphatic heterocycles. The van der Waals surface area contributed by atoms with Crippen molar-refractivity contribution in [3.8, 4) is 0 Å². The van der Waals surface area contributed by atoms with Gasteiger partial charge in [-0.1, -0.05) is 36.4 Å². The SMILES string of the molecule is Cc1cccc(C)c1N(Cl)C(=O)c1ccccc1. The number of halogens is 1. The molecule has 0 spiro atoms. The van der Waals surface area contributed by atoms with Crippen molar-refractivity contribution in [3.05, 3.63) is 65.2 Å². The average molecular weight is 260 g/mol. The van der Waals surface area contributed by atoms with Gasteiger partial charge in [0, 0.05) is 17.3 Å². The van der Waals surface area contributed by atoms with E-state index in [2.05, 4.69) is 0 Å². The molecule has 0 N–H and O–H groups in total. The molecule has 92 valence electrons. The number of aryl methyl sites for hydroxylation is 2. The number of anilines is 1. The van der Waals surface area contributed by atoms with Crippen molar-refractivity contribution in [2.75, 3.05) is 4.42 Å². The summed E-state index contributed by atoms with van der Waals surface area (Å²) in [6, 6.07) is 14.9. The summed E-state index contributed by atoms with van der Waals surface area (Å²) < 4.78 is 1.19. The molecule has 0 fully saturated rings. The van der Waals surface area contributed by atoms with E-state index in [1.54, 1.807) is 12.1 Å². The maximum absolute atomic E-state index is 12.2. The Morgan fingerprint density at radius 1 is 0.944 bits per heavy atom. The first kappa shape index (κ1) is 12.7. The van der Waals surface area contributed by atoms with Crippen molar-refractivity contribution in [1.82, 2.24) is 0 Å². The maximum atomic E-state index is 12.2. The third-order valence-electron chi connectivity index (χ3n) is 2.83. The molecule has 3 heteroatoms. The number of nitrogens with zero attached hydrogens (tertiary/aromatic N) is 1. The molecule has 0 saturated heterocycles. The average Bonchev–Trinajstić information content (AvgIpc) is 2.38. The van der Waals surface area contributed by atoms with Crippen LogP contribution < -0.4 is 4.42 Å². The molecule has 18 heavy (non-hydrogen) atoms. The number of rotatable bonds is 2. The van der Waals surface area contributed by atoms with Gasteiger partial charge in [-0.3, -0.25) is 4.79 Å². The summed E-state index contributed by atoms with van der Waals surface area (Å²) in [6.07, 6.45) is 0. The normalized spacial score (nSPS) is 10.2. The van der Waals surface area contributed by atoms with Crippen LogP contribution >= 0.6 is 11.8 Å². The van der Waals surface area contributed by atoms with Crippen LogP contribution in [0, 0.1) is 13.8 Å². The number of hydrogen-bond donors (Lipinski definition) is 0. The van der Waals surface area contributed by atoms with Gasteiger partial charge in [0.05, 0.1) is 5.69 Å². The molecule has 0 radical (unpaired) electrons. The van der Waals surface area contributed by atoms with E-state index in [4.69, 9.17) is 11.8 Å². The molecule has 0 atom stereocenters. The lowest BCUT2D eigenvalue weighted by molar-refractivity contribution is 0.101. The van der Waals surface area contributed by atoms with Crippen LogP contribution in [-0.2, 0) is 0 Å². The number of amides is 1. The highest BCUT2D eigenvalue weighted by molar-refractivity contribution is 6.39. The molecule has 0 bridgehead atoms. The van der Waals surface area contributed by atoms with E-state index in [1.165, 1.54) is 4.42 Å². The van der Waals surface area contributed by atoms with Crippen LogP contribution in [0.5, 0.6) is 0 Å². The van der Waals surface area contributed by atoms with E-state index in [0.29, 0.717) is 5.56 Å². The van der Waals surface area contributed by atoms with E-state index in [9.17, 15) is 4.79 Å². The molecule has 0 heterocycles. The van der Waals surface area contributed by atoms with Crippen molar-refractivity contribution < 1.29 is 4.79 Å². The molecule has 2 aromatic carbocycles. The molecular weight excluding hydrogens is 246 g/mol. The zero-order chi connectivity index (χ0) is 13.1. The molecule has 0 aromatic heterocycles. The summed E-state index contributed by atoms with van der Waals surface area (Å²) in [7, 11) is 0. The van der Waals surface area contributed by atoms with Gasteiger partial charge in [-0.05, 0) is 37.1 Å². The molecule has 0 aliphatic carbocycles. The number of carbonyl (C=O) groups is 1.